The predicted octanol–water partition coefficient (Wildman–Crippen LogP) is 3.62. The molecule has 1 aliphatic heterocycles. The first kappa shape index (κ1) is 13.7. The van der Waals surface area contributed by atoms with Crippen molar-refractivity contribution in [3.8, 4) is 0 Å². The molecule has 0 radical (unpaired) electrons. The summed E-state index contributed by atoms with van der Waals surface area (Å²) in [6.07, 6.45) is 1.70. The molecule has 0 unspecified atom stereocenters. The number of ketones is 1. The van der Waals surface area contributed by atoms with Gasteiger partial charge in [0, 0.05) is 12.1 Å². The van der Waals surface area contributed by atoms with Crippen LogP contribution in [0.3, 0.4) is 0 Å². The van der Waals surface area contributed by atoms with Crippen molar-refractivity contribution in [3.63, 3.8) is 0 Å². The lowest BCUT2D eigenvalue weighted by molar-refractivity contribution is 0.101. The number of rotatable bonds is 3. The molecule has 102 valence electrons. The molecule has 2 rings (SSSR count). The zero-order chi connectivity index (χ0) is 14.2. The minimum atomic E-state index is 0.00968. The second-order valence-electron chi connectivity index (χ2n) is 5.77. The third-order valence-corrected chi connectivity index (χ3v) is 4.04. The highest BCUT2D eigenvalue weighted by molar-refractivity contribution is 5.97. The highest BCUT2D eigenvalue weighted by atomic mass is 16.3. The molecule has 0 aliphatic carbocycles. The van der Waals surface area contributed by atoms with Gasteiger partial charge in [-0.05, 0) is 42.4 Å². The Kier molecular flexibility index (Phi) is 3.43. The van der Waals surface area contributed by atoms with Gasteiger partial charge in [0.15, 0.2) is 5.78 Å². The van der Waals surface area contributed by atoms with Crippen LogP contribution in [0.25, 0.3) is 0 Å². The maximum Gasteiger partial charge on any atom is 0.160 e. The molecule has 1 aliphatic rings. The lowest BCUT2D eigenvalue weighted by atomic mass is 9.76. The predicted molar refractivity (Wildman–Crippen MR) is 76.6 cm³/mol. The first-order valence-corrected chi connectivity index (χ1v) is 6.70. The van der Waals surface area contributed by atoms with Crippen molar-refractivity contribution in [3.05, 3.63) is 33.7 Å². The van der Waals surface area contributed by atoms with E-state index in [4.69, 9.17) is 0 Å². The summed E-state index contributed by atoms with van der Waals surface area (Å²) >= 11 is 0. The molecule has 0 amide bonds. The Labute approximate surface area is 113 Å². The zero-order valence-corrected chi connectivity index (χ0v) is 12.0. The van der Waals surface area contributed by atoms with Crippen LogP contribution in [0, 0.1) is 4.91 Å². The van der Waals surface area contributed by atoms with E-state index in [0.717, 1.165) is 29.7 Å². The average molecular weight is 260 g/mol. The van der Waals surface area contributed by atoms with Crippen molar-refractivity contribution in [1.82, 2.24) is 0 Å². The van der Waals surface area contributed by atoms with E-state index in [0.29, 0.717) is 12.1 Å². The topological polar surface area (TPSA) is 49.7 Å². The number of fused-ring (bicyclic) bond motifs is 1. The first-order valence-electron chi connectivity index (χ1n) is 6.70. The Morgan fingerprint density at radius 2 is 2.11 bits per heavy atom. The van der Waals surface area contributed by atoms with Crippen LogP contribution in [0.5, 0.6) is 0 Å². The first-order chi connectivity index (χ1) is 8.90. The Morgan fingerprint density at radius 3 is 2.63 bits per heavy atom. The number of anilines is 1. The quantitative estimate of drug-likeness (QED) is 0.616. The van der Waals surface area contributed by atoms with Crippen molar-refractivity contribution in [2.45, 2.75) is 46.0 Å². The summed E-state index contributed by atoms with van der Waals surface area (Å²) in [6.45, 7) is 8.54. The maximum absolute atomic E-state index is 11.7. The second kappa shape index (κ2) is 4.76. The lowest BCUT2D eigenvalue weighted by Gasteiger charge is -2.37. The summed E-state index contributed by atoms with van der Waals surface area (Å²) < 4.78 is 0. The number of hydrogen-bond donors (Lipinski definition) is 0. The monoisotopic (exact) mass is 260 g/mol. The van der Waals surface area contributed by atoms with E-state index in [1.807, 2.05) is 13.0 Å². The van der Waals surface area contributed by atoms with Crippen molar-refractivity contribution >= 4 is 11.5 Å². The van der Waals surface area contributed by atoms with Crippen LogP contribution in [0.4, 0.5) is 5.69 Å². The summed E-state index contributed by atoms with van der Waals surface area (Å²) in [5.41, 5.74) is 3.66. The fraction of sp³-hybridized carbons (Fsp3) is 0.533. The highest BCUT2D eigenvalue weighted by Crippen LogP contribution is 2.41. The van der Waals surface area contributed by atoms with Crippen molar-refractivity contribution in [2.75, 3.05) is 11.6 Å². The molecule has 1 aromatic carbocycles. The van der Waals surface area contributed by atoms with Gasteiger partial charge in [-0.15, -0.1) is 4.91 Å². The summed E-state index contributed by atoms with van der Waals surface area (Å²) in [4.78, 5) is 22.7. The number of carbonyl (C=O) groups is 1. The van der Waals surface area contributed by atoms with E-state index in [1.54, 1.807) is 6.92 Å². The molecular weight excluding hydrogens is 240 g/mol. The average Bonchev–Trinajstić information content (AvgIpc) is 2.37. The minimum absolute atomic E-state index is 0.00968. The molecular formula is C15H20N2O2. The molecule has 4 heteroatoms. The van der Waals surface area contributed by atoms with Crippen molar-refractivity contribution in [2.24, 2.45) is 5.29 Å². The number of nitroso groups, excluding NO2 is 1. The molecule has 0 saturated heterocycles. The number of hydrogen-bond acceptors (Lipinski definition) is 3. The van der Waals surface area contributed by atoms with E-state index in [2.05, 4.69) is 25.2 Å². The van der Waals surface area contributed by atoms with Gasteiger partial charge in [0.1, 0.15) is 0 Å². The van der Waals surface area contributed by atoms with E-state index < -0.39 is 0 Å². The molecule has 0 aromatic heterocycles. The van der Waals surface area contributed by atoms with Crippen LogP contribution < -0.4 is 5.01 Å². The van der Waals surface area contributed by atoms with Crippen LogP contribution in [0.1, 0.15) is 55.6 Å². The van der Waals surface area contributed by atoms with Crippen molar-refractivity contribution < 1.29 is 4.79 Å². The number of carbonyl (C=O) groups excluding carboxylic acids is 1. The normalized spacial score (nSPS) is 16.9. The zero-order valence-electron chi connectivity index (χ0n) is 12.0. The molecule has 0 atom stereocenters. The van der Waals surface area contributed by atoms with E-state index in [-0.39, 0.29) is 11.2 Å². The minimum Gasteiger partial charge on any atom is -0.294 e. The number of aryl methyl sites for hydroxylation is 1. The maximum atomic E-state index is 11.7. The molecule has 19 heavy (non-hydrogen) atoms. The van der Waals surface area contributed by atoms with Gasteiger partial charge in [-0.3, -0.25) is 4.79 Å². The van der Waals surface area contributed by atoms with Gasteiger partial charge in [0.25, 0.3) is 0 Å². The molecule has 0 fully saturated rings. The largest absolute Gasteiger partial charge is 0.294 e. The van der Waals surface area contributed by atoms with Gasteiger partial charge < -0.3 is 0 Å². The SMILES string of the molecule is CCc1cc2c(cc1C(C)=O)N(N=O)CCC2(C)C. The highest BCUT2D eigenvalue weighted by Gasteiger charge is 2.33. The molecule has 0 saturated carbocycles. The molecule has 1 heterocycles. The van der Waals surface area contributed by atoms with Crippen LogP contribution in [-0.2, 0) is 11.8 Å². The van der Waals surface area contributed by atoms with E-state index >= 15 is 0 Å². The lowest BCUT2D eigenvalue weighted by Crippen LogP contribution is -2.34. The Morgan fingerprint density at radius 1 is 1.42 bits per heavy atom. The van der Waals surface area contributed by atoms with Crippen LogP contribution >= 0.6 is 0 Å². The molecule has 0 bridgehead atoms. The van der Waals surface area contributed by atoms with Crippen LogP contribution in [0.2, 0.25) is 0 Å². The summed E-state index contributed by atoms with van der Waals surface area (Å²) in [6, 6.07) is 3.90. The Hall–Kier alpha value is -1.71. The fourth-order valence-corrected chi connectivity index (χ4v) is 2.73. The van der Waals surface area contributed by atoms with E-state index in [9.17, 15) is 9.70 Å². The molecule has 0 N–H and O–H groups in total. The fourth-order valence-electron chi connectivity index (χ4n) is 2.73. The molecule has 1 aromatic rings. The van der Waals surface area contributed by atoms with E-state index in [1.165, 1.54) is 5.01 Å². The van der Waals surface area contributed by atoms with Gasteiger partial charge in [0.05, 0.1) is 11.0 Å². The Balaban J connectivity index is 2.69. The Bertz CT molecular complexity index is 535. The standard InChI is InChI=1S/C15H20N2O2/c1-5-11-8-13-14(9-12(11)10(2)18)17(16-19)7-6-15(13,3)4/h8-9H,5-7H2,1-4H3. The van der Waals surface area contributed by atoms with Crippen LogP contribution in [0.15, 0.2) is 17.4 Å². The third kappa shape index (κ3) is 2.27. The van der Waals surface area contributed by atoms with Gasteiger partial charge >= 0.3 is 0 Å². The second-order valence-corrected chi connectivity index (χ2v) is 5.77. The summed E-state index contributed by atoms with van der Waals surface area (Å²) in [5.74, 6) is 0.0360. The van der Waals surface area contributed by atoms with Gasteiger partial charge in [0.2, 0.25) is 0 Å². The third-order valence-electron chi connectivity index (χ3n) is 4.04. The summed E-state index contributed by atoms with van der Waals surface area (Å²) in [5, 5.41) is 4.55. The summed E-state index contributed by atoms with van der Waals surface area (Å²) in [7, 11) is 0. The molecule has 0 spiro atoms. The van der Waals surface area contributed by atoms with Gasteiger partial charge in [-0.2, -0.15) is 0 Å². The van der Waals surface area contributed by atoms with Crippen LogP contribution in [-0.4, -0.2) is 12.3 Å². The number of benzene rings is 1. The van der Waals surface area contributed by atoms with Gasteiger partial charge in [-0.1, -0.05) is 26.8 Å². The van der Waals surface area contributed by atoms with Gasteiger partial charge in [-0.25, -0.2) is 5.01 Å². The smallest absolute Gasteiger partial charge is 0.160 e. The number of Topliss-reactive ketones (excluding diaryl/α,β-unsaturated/α-hetero) is 1. The van der Waals surface area contributed by atoms with Crippen molar-refractivity contribution in [1.29, 1.82) is 0 Å². The number of nitrogens with zero attached hydrogens (tertiary/aromatic N) is 2. The molecule has 4 nitrogen and oxygen atoms in total.